The zero-order valence-corrected chi connectivity index (χ0v) is 12.2. The van der Waals surface area contributed by atoms with Gasteiger partial charge in [-0.25, -0.2) is 4.68 Å². The molecule has 4 heteroatoms. The summed E-state index contributed by atoms with van der Waals surface area (Å²) in [5, 5.41) is 8.68. The lowest BCUT2D eigenvalue weighted by molar-refractivity contribution is 0.388. The van der Waals surface area contributed by atoms with E-state index in [1.54, 1.807) is 0 Å². The minimum Gasteiger partial charge on any atom is -0.248 e. The third-order valence-electron chi connectivity index (χ3n) is 2.71. The van der Waals surface area contributed by atoms with E-state index in [4.69, 9.17) is 11.6 Å². The number of hydrogen-bond donors (Lipinski definition) is 0. The highest BCUT2D eigenvalue weighted by molar-refractivity contribution is 6.30. The Morgan fingerprint density at radius 2 is 1.88 bits per heavy atom. The predicted molar refractivity (Wildman–Crippen MR) is 72.3 cm³/mol. The van der Waals surface area contributed by atoms with Crippen LogP contribution in [0.15, 0.2) is 0 Å². The van der Waals surface area contributed by atoms with Crippen molar-refractivity contribution in [1.82, 2.24) is 15.0 Å². The maximum Gasteiger partial charge on any atom is 0.174 e. The summed E-state index contributed by atoms with van der Waals surface area (Å²) < 4.78 is 1.98. The summed E-state index contributed by atoms with van der Waals surface area (Å²) in [7, 11) is 0. The summed E-state index contributed by atoms with van der Waals surface area (Å²) in [5.41, 5.74) is 1.29. The Labute approximate surface area is 110 Å². The van der Waals surface area contributed by atoms with Crippen molar-refractivity contribution in [3.63, 3.8) is 0 Å². The Morgan fingerprint density at radius 3 is 2.47 bits per heavy atom. The van der Waals surface area contributed by atoms with Gasteiger partial charge in [0.1, 0.15) is 0 Å². The highest BCUT2D eigenvalue weighted by Gasteiger charge is 2.18. The van der Waals surface area contributed by atoms with Gasteiger partial charge in [-0.2, -0.15) is 0 Å². The van der Waals surface area contributed by atoms with E-state index in [9.17, 15) is 0 Å². The SMILES string of the molecule is CCCCCCn1nnc(Cl)c1CC(C)(C)C. The molecule has 0 saturated carbocycles. The van der Waals surface area contributed by atoms with Crippen LogP contribution in [0.3, 0.4) is 0 Å². The van der Waals surface area contributed by atoms with Crippen LogP contribution in [0.4, 0.5) is 0 Å². The first kappa shape index (κ1) is 14.5. The molecule has 1 aromatic rings. The molecule has 0 fully saturated rings. The van der Waals surface area contributed by atoms with Crippen molar-refractivity contribution in [1.29, 1.82) is 0 Å². The molecule has 1 heterocycles. The zero-order chi connectivity index (χ0) is 12.9. The number of nitrogens with zero attached hydrogens (tertiary/aromatic N) is 3. The van der Waals surface area contributed by atoms with Crippen molar-refractivity contribution >= 4 is 11.6 Å². The van der Waals surface area contributed by atoms with Crippen molar-refractivity contribution in [3.05, 3.63) is 10.8 Å². The molecule has 0 aliphatic heterocycles. The van der Waals surface area contributed by atoms with Crippen molar-refractivity contribution in [2.45, 2.75) is 66.3 Å². The quantitative estimate of drug-likeness (QED) is 0.719. The van der Waals surface area contributed by atoms with E-state index in [1.807, 2.05) is 4.68 Å². The number of halogens is 1. The summed E-state index contributed by atoms with van der Waals surface area (Å²) in [6, 6.07) is 0. The van der Waals surface area contributed by atoms with Gasteiger partial charge in [-0.15, -0.1) is 5.10 Å². The number of unbranched alkanes of at least 4 members (excludes halogenated alkanes) is 3. The van der Waals surface area contributed by atoms with Gasteiger partial charge in [-0.3, -0.25) is 0 Å². The second-order valence-corrected chi connectivity index (χ2v) is 6.21. The molecule has 0 aliphatic rings. The van der Waals surface area contributed by atoms with Crippen molar-refractivity contribution < 1.29 is 0 Å². The molecule has 98 valence electrons. The lowest BCUT2D eigenvalue weighted by Crippen LogP contribution is -2.14. The van der Waals surface area contributed by atoms with Gasteiger partial charge in [0.25, 0.3) is 0 Å². The summed E-state index contributed by atoms with van der Waals surface area (Å²) >= 11 is 6.10. The molecule has 1 aromatic heterocycles. The molecule has 0 aromatic carbocycles. The molecule has 0 aliphatic carbocycles. The molecular weight excluding hydrogens is 234 g/mol. The van der Waals surface area contributed by atoms with E-state index in [0.717, 1.165) is 25.1 Å². The minimum absolute atomic E-state index is 0.215. The minimum atomic E-state index is 0.215. The van der Waals surface area contributed by atoms with Crippen LogP contribution in [-0.2, 0) is 13.0 Å². The summed E-state index contributed by atoms with van der Waals surface area (Å²) in [5.74, 6) is 0. The van der Waals surface area contributed by atoms with E-state index in [2.05, 4.69) is 38.0 Å². The van der Waals surface area contributed by atoms with Gasteiger partial charge in [0.15, 0.2) is 5.15 Å². The summed E-state index contributed by atoms with van der Waals surface area (Å²) in [6.07, 6.45) is 5.88. The molecular formula is C13H24ClN3. The van der Waals surface area contributed by atoms with Crippen LogP contribution < -0.4 is 0 Å². The summed E-state index contributed by atoms with van der Waals surface area (Å²) in [4.78, 5) is 0. The van der Waals surface area contributed by atoms with E-state index < -0.39 is 0 Å². The highest BCUT2D eigenvalue weighted by Crippen LogP contribution is 2.24. The molecule has 0 spiro atoms. The van der Waals surface area contributed by atoms with Crippen molar-refractivity contribution in [3.8, 4) is 0 Å². The van der Waals surface area contributed by atoms with Gasteiger partial charge in [0.2, 0.25) is 0 Å². The topological polar surface area (TPSA) is 30.7 Å². The second-order valence-electron chi connectivity index (χ2n) is 5.85. The van der Waals surface area contributed by atoms with Crippen molar-refractivity contribution in [2.24, 2.45) is 5.41 Å². The molecule has 0 atom stereocenters. The Morgan fingerprint density at radius 1 is 1.18 bits per heavy atom. The first-order chi connectivity index (χ1) is 7.94. The molecule has 17 heavy (non-hydrogen) atoms. The Kier molecular flexibility index (Phi) is 5.44. The van der Waals surface area contributed by atoms with Crippen LogP contribution in [-0.4, -0.2) is 15.0 Å². The van der Waals surface area contributed by atoms with E-state index in [0.29, 0.717) is 5.15 Å². The lowest BCUT2D eigenvalue weighted by Gasteiger charge is -2.18. The maximum absolute atomic E-state index is 6.10. The van der Waals surface area contributed by atoms with Gasteiger partial charge < -0.3 is 0 Å². The molecule has 0 unspecified atom stereocenters. The molecule has 0 saturated heterocycles. The molecule has 3 nitrogen and oxygen atoms in total. The fourth-order valence-corrected chi connectivity index (χ4v) is 2.04. The molecule has 1 rings (SSSR count). The van der Waals surface area contributed by atoms with Crippen LogP contribution in [0, 0.1) is 5.41 Å². The first-order valence-corrected chi connectivity index (χ1v) is 6.89. The third-order valence-corrected chi connectivity index (χ3v) is 3.01. The molecule has 0 N–H and O–H groups in total. The third kappa shape index (κ3) is 5.07. The first-order valence-electron chi connectivity index (χ1n) is 6.52. The lowest BCUT2D eigenvalue weighted by atomic mass is 9.91. The zero-order valence-electron chi connectivity index (χ0n) is 11.5. The van der Waals surface area contributed by atoms with Crippen LogP contribution in [0.2, 0.25) is 5.15 Å². The van der Waals surface area contributed by atoms with E-state index in [-0.39, 0.29) is 5.41 Å². The van der Waals surface area contributed by atoms with Gasteiger partial charge in [0, 0.05) is 6.54 Å². The molecule has 0 bridgehead atoms. The molecule has 0 amide bonds. The Hall–Kier alpha value is -0.570. The maximum atomic E-state index is 6.10. The number of hydrogen-bond acceptors (Lipinski definition) is 2. The van der Waals surface area contributed by atoms with Crippen molar-refractivity contribution in [2.75, 3.05) is 0 Å². The number of rotatable bonds is 6. The fraction of sp³-hybridized carbons (Fsp3) is 0.846. The second kappa shape index (κ2) is 6.39. The highest BCUT2D eigenvalue weighted by atomic mass is 35.5. The van der Waals surface area contributed by atoms with Gasteiger partial charge in [-0.05, 0) is 18.3 Å². The Bertz CT molecular complexity index is 339. The van der Waals surface area contributed by atoms with E-state index in [1.165, 1.54) is 19.3 Å². The smallest absolute Gasteiger partial charge is 0.174 e. The largest absolute Gasteiger partial charge is 0.248 e. The normalized spacial score (nSPS) is 12.1. The fourth-order valence-electron chi connectivity index (χ4n) is 1.85. The average Bonchev–Trinajstić information content (AvgIpc) is 2.54. The van der Waals surface area contributed by atoms with Crippen LogP contribution >= 0.6 is 11.6 Å². The molecule has 0 radical (unpaired) electrons. The van der Waals surface area contributed by atoms with Crippen LogP contribution in [0.1, 0.15) is 59.1 Å². The predicted octanol–water partition coefficient (Wildman–Crippen LogP) is 4.10. The van der Waals surface area contributed by atoms with Crippen LogP contribution in [0.25, 0.3) is 0 Å². The monoisotopic (exact) mass is 257 g/mol. The average molecular weight is 258 g/mol. The number of aryl methyl sites for hydroxylation is 1. The van der Waals surface area contributed by atoms with Gasteiger partial charge in [0.05, 0.1) is 5.69 Å². The van der Waals surface area contributed by atoms with Gasteiger partial charge >= 0.3 is 0 Å². The van der Waals surface area contributed by atoms with Crippen LogP contribution in [0.5, 0.6) is 0 Å². The summed E-state index contributed by atoms with van der Waals surface area (Å²) in [6.45, 7) is 9.77. The number of aromatic nitrogens is 3. The van der Waals surface area contributed by atoms with Gasteiger partial charge in [-0.1, -0.05) is 63.8 Å². The Balaban J connectivity index is 2.60. The van der Waals surface area contributed by atoms with E-state index >= 15 is 0 Å². The standard InChI is InChI=1S/C13H24ClN3/c1-5-6-7-8-9-17-11(10-13(2,3)4)12(14)15-16-17/h5-10H2,1-4H3.